The molecule has 2 aromatic heterocycles. The maximum atomic E-state index is 13.3. The number of hydrogen-bond acceptors (Lipinski definition) is 7. The minimum Gasteiger partial charge on any atom is -0.484 e. The average molecular weight is 502 g/mol. The number of fused-ring (bicyclic) bond motifs is 1. The summed E-state index contributed by atoms with van der Waals surface area (Å²) in [5, 5.41) is 9.34. The number of nitrogens with one attached hydrogen (secondary N) is 1. The van der Waals surface area contributed by atoms with Crippen LogP contribution in [0, 0.1) is 5.82 Å². The molecule has 2 heterocycles. The number of aromatic nitrogens is 2. The molecule has 0 radical (unpaired) electrons. The fourth-order valence-corrected chi connectivity index (χ4v) is 4.25. The molecule has 0 atom stereocenters. The van der Waals surface area contributed by atoms with Crippen LogP contribution in [0.15, 0.2) is 58.7 Å². The van der Waals surface area contributed by atoms with Crippen molar-refractivity contribution in [1.82, 2.24) is 9.78 Å². The van der Waals surface area contributed by atoms with Gasteiger partial charge in [-0.3, -0.25) is 9.59 Å². The van der Waals surface area contributed by atoms with E-state index in [0.29, 0.717) is 16.5 Å². The Morgan fingerprint density at radius 1 is 1.21 bits per heavy atom. The van der Waals surface area contributed by atoms with Crippen molar-refractivity contribution < 1.29 is 23.5 Å². The Morgan fingerprint density at radius 2 is 1.97 bits per heavy atom. The van der Waals surface area contributed by atoms with Gasteiger partial charge in [0.2, 0.25) is 0 Å². The molecule has 0 spiro atoms. The first kappa shape index (κ1) is 23.4. The lowest BCUT2D eigenvalue weighted by atomic mass is 10.2. The highest BCUT2D eigenvalue weighted by atomic mass is 35.5. The largest absolute Gasteiger partial charge is 0.484 e. The Bertz CT molecular complexity index is 1440. The van der Waals surface area contributed by atoms with Gasteiger partial charge in [0.15, 0.2) is 12.3 Å². The first-order chi connectivity index (χ1) is 16.4. The van der Waals surface area contributed by atoms with Crippen molar-refractivity contribution in [2.75, 3.05) is 18.5 Å². The number of halogens is 2. The Hall–Kier alpha value is -3.76. The van der Waals surface area contributed by atoms with E-state index >= 15 is 0 Å². The van der Waals surface area contributed by atoms with E-state index in [0.717, 1.165) is 16.0 Å². The fourth-order valence-electron chi connectivity index (χ4n) is 3.12. The van der Waals surface area contributed by atoms with Crippen LogP contribution in [-0.4, -0.2) is 34.9 Å². The third-order valence-corrected chi connectivity index (χ3v) is 5.74. The SMILES string of the molecule is CCOC(=O)c1nn(-c2cccc(Cl)c2)c(=O)c2c(NC(=O)COc3ccc(F)cc3)scc12. The standard InChI is InChI=1S/C23H17ClFN3O5S/c1-2-32-23(31)20-17-12-34-21(26-18(29)11-33-16-8-6-14(25)7-9-16)19(17)22(30)28(27-20)15-5-3-4-13(24)10-15/h3-10,12H,2,11H2,1H3,(H,26,29). The van der Waals surface area contributed by atoms with E-state index in [-0.39, 0.29) is 34.7 Å². The van der Waals surface area contributed by atoms with Gasteiger partial charge >= 0.3 is 5.97 Å². The van der Waals surface area contributed by atoms with E-state index in [1.54, 1.807) is 30.5 Å². The first-order valence-electron chi connectivity index (χ1n) is 10.0. The molecule has 4 aromatic rings. The number of thiophene rings is 1. The van der Waals surface area contributed by atoms with Gasteiger partial charge in [-0.2, -0.15) is 9.78 Å². The molecule has 1 amide bonds. The van der Waals surface area contributed by atoms with Gasteiger partial charge in [-0.05, 0) is 49.4 Å². The second-order valence-electron chi connectivity index (χ2n) is 6.91. The third kappa shape index (κ3) is 4.92. The Morgan fingerprint density at radius 3 is 2.68 bits per heavy atom. The summed E-state index contributed by atoms with van der Waals surface area (Å²) in [6, 6.07) is 11.6. The van der Waals surface area contributed by atoms with Crippen LogP contribution in [0.5, 0.6) is 5.75 Å². The zero-order valence-corrected chi connectivity index (χ0v) is 19.3. The Balaban J connectivity index is 1.71. The molecule has 11 heteroatoms. The van der Waals surface area contributed by atoms with E-state index in [4.69, 9.17) is 21.1 Å². The predicted molar refractivity (Wildman–Crippen MR) is 127 cm³/mol. The summed E-state index contributed by atoms with van der Waals surface area (Å²) >= 11 is 7.13. The molecule has 34 heavy (non-hydrogen) atoms. The van der Waals surface area contributed by atoms with Crippen molar-refractivity contribution in [1.29, 1.82) is 0 Å². The smallest absolute Gasteiger partial charge is 0.359 e. The zero-order chi connectivity index (χ0) is 24.2. The summed E-state index contributed by atoms with van der Waals surface area (Å²) in [4.78, 5) is 38.4. The number of hydrogen-bond donors (Lipinski definition) is 1. The van der Waals surface area contributed by atoms with Gasteiger partial charge in [0, 0.05) is 15.8 Å². The van der Waals surface area contributed by atoms with Crippen LogP contribution in [0.2, 0.25) is 5.02 Å². The zero-order valence-electron chi connectivity index (χ0n) is 17.7. The summed E-state index contributed by atoms with van der Waals surface area (Å²) in [6.45, 7) is 1.40. The number of amides is 1. The summed E-state index contributed by atoms with van der Waals surface area (Å²) < 4.78 is 24.5. The first-order valence-corrected chi connectivity index (χ1v) is 11.3. The number of anilines is 1. The third-order valence-electron chi connectivity index (χ3n) is 4.61. The molecule has 0 aliphatic carbocycles. The number of carbonyl (C=O) groups excluding carboxylic acids is 2. The maximum absolute atomic E-state index is 13.3. The number of nitrogens with zero attached hydrogens (tertiary/aromatic N) is 2. The van der Waals surface area contributed by atoms with Crippen LogP contribution in [0.1, 0.15) is 17.4 Å². The molecular formula is C23H17ClFN3O5S. The van der Waals surface area contributed by atoms with E-state index in [9.17, 15) is 18.8 Å². The molecule has 174 valence electrons. The van der Waals surface area contributed by atoms with Gasteiger partial charge in [0.1, 0.15) is 16.6 Å². The quantitative estimate of drug-likeness (QED) is 0.376. The molecule has 0 saturated heterocycles. The molecular weight excluding hydrogens is 485 g/mol. The summed E-state index contributed by atoms with van der Waals surface area (Å²) in [6.07, 6.45) is 0. The van der Waals surface area contributed by atoms with Crippen molar-refractivity contribution >= 4 is 50.6 Å². The average Bonchev–Trinajstić information content (AvgIpc) is 3.23. The summed E-state index contributed by atoms with van der Waals surface area (Å²) in [7, 11) is 0. The highest BCUT2D eigenvalue weighted by Crippen LogP contribution is 2.31. The Labute approximate surface area is 201 Å². The van der Waals surface area contributed by atoms with E-state index in [1.807, 2.05) is 0 Å². The van der Waals surface area contributed by atoms with Crippen molar-refractivity contribution in [2.24, 2.45) is 0 Å². The van der Waals surface area contributed by atoms with Crippen LogP contribution in [0.3, 0.4) is 0 Å². The number of carbonyl (C=O) groups is 2. The van der Waals surface area contributed by atoms with Crippen LogP contribution >= 0.6 is 22.9 Å². The molecule has 4 rings (SSSR count). The van der Waals surface area contributed by atoms with Crippen molar-refractivity contribution in [3.8, 4) is 11.4 Å². The molecule has 8 nitrogen and oxygen atoms in total. The molecule has 0 bridgehead atoms. The molecule has 0 aliphatic rings. The molecule has 0 saturated carbocycles. The fraction of sp³-hybridized carbons (Fsp3) is 0.130. The second kappa shape index (κ2) is 10.0. The highest BCUT2D eigenvalue weighted by molar-refractivity contribution is 7.16. The monoisotopic (exact) mass is 501 g/mol. The van der Waals surface area contributed by atoms with E-state index in [1.165, 1.54) is 30.3 Å². The van der Waals surface area contributed by atoms with Gasteiger partial charge in [-0.25, -0.2) is 9.18 Å². The van der Waals surface area contributed by atoms with Crippen molar-refractivity contribution in [3.63, 3.8) is 0 Å². The van der Waals surface area contributed by atoms with Gasteiger partial charge in [0.05, 0.1) is 17.7 Å². The van der Waals surface area contributed by atoms with E-state index in [2.05, 4.69) is 10.4 Å². The molecule has 0 fully saturated rings. The minimum atomic E-state index is -0.710. The lowest BCUT2D eigenvalue weighted by Crippen LogP contribution is -2.26. The van der Waals surface area contributed by atoms with Crippen LogP contribution in [0.25, 0.3) is 16.5 Å². The molecule has 0 aliphatic heterocycles. The normalized spacial score (nSPS) is 10.8. The lowest BCUT2D eigenvalue weighted by Gasteiger charge is -2.10. The number of ether oxygens (including phenoxy) is 2. The topological polar surface area (TPSA) is 99.5 Å². The Kier molecular flexibility index (Phi) is 6.90. The molecule has 0 unspecified atom stereocenters. The number of benzene rings is 2. The number of esters is 1. The minimum absolute atomic E-state index is 0.0734. The highest BCUT2D eigenvalue weighted by Gasteiger charge is 2.23. The maximum Gasteiger partial charge on any atom is 0.359 e. The summed E-state index contributed by atoms with van der Waals surface area (Å²) in [5.74, 6) is -1.37. The summed E-state index contributed by atoms with van der Waals surface area (Å²) in [5.41, 5.74) is -0.287. The van der Waals surface area contributed by atoms with Gasteiger partial charge in [-0.1, -0.05) is 17.7 Å². The lowest BCUT2D eigenvalue weighted by molar-refractivity contribution is -0.118. The van der Waals surface area contributed by atoms with Crippen LogP contribution in [-0.2, 0) is 9.53 Å². The molecule has 2 aromatic carbocycles. The predicted octanol–water partition coefficient (Wildman–Crippen LogP) is 4.43. The van der Waals surface area contributed by atoms with Gasteiger partial charge < -0.3 is 14.8 Å². The number of rotatable bonds is 7. The van der Waals surface area contributed by atoms with E-state index < -0.39 is 23.3 Å². The van der Waals surface area contributed by atoms with Gasteiger partial charge in [-0.15, -0.1) is 11.3 Å². The van der Waals surface area contributed by atoms with Crippen LogP contribution in [0.4, 0.5) is 9.39 Å². The van der Waals surface area contributed by atoms with Crippen molar-refractivity contribution in [3.05, 3.63) is 80.8 Å². The van der Waals surface area contributed by atoms with Crippen molar-refractivity contribution in [2.45, 2.75) is 6.92 Å². The second-order valence-corrected chi connectivity index (χ2v) is 8.23. The van der Waals surface area contributed by atoms with Gasteiger partial charge in [0.25, 0.3) is 11.5 Å². The molecule has 1 N–H and O–H groups in total. The van der Waals surface area contributed by atoms with Crippen LogP contribution < -0.4 is 15.6 Å².